The van der Waals surface area contributed by atoms with Crippen molar-refractivity contribution in [3.8, 4) is 0 Å². The first-order valence-electron chi connectivity index (χ1n) is 10.6. The Labute approximate surface area is 201 Å². The number of carbonyl (C=O) groups excluding carboxylic acids is 4. The molecule has 0 spiro atoms. The van der Waals surface area contributed by atoms with E-state index in [0.29, 0.717) is 17.0 Å². The molecule has 3 amide bonds. The normalized spacial score (nSPS) is 22.8. The molecule has 1 saturated heterocycles. The van der Waals surface area contributed by atoms with Crippen LogP contribution in [0.5, 0.6) is 0 Å². The predicted octanol–water partition coefficient (Wildman–Crippen LogP) is 4.82. The summed E-state index contributed by atoms with van der Waals surface area (Å²) in [5, 5.41) is 2.44. The summed E-state index contributed by atoms with van der Waals surface area (Å²) in [4.78, 5) is 53.8. The van der Waals surface area contributed by atoms with Gasteiger partial charge in [0.25, 0.3) is 17.7 Å². The van der Waals surface area contributed by atoms with Gasteiger partial charge in [0, 0.05) is 10.6 Å². The van der Waals surface area contributed by atoms with Crippen LogP contribution >= 0.6 is 23.2 Å². The first kappa shape index (κ1) is 23.2. The summed E-state index contributed by atoms with van der Waals surface area (Å²) in [7, 11) is 0. The van der Waals surface area contributed by atoms with E-state index < -0.39 is 41.4 Å². The molecule has 2 aromatic rings. The summed E-state index contributed by atoms with van der Waals surface area (Å²) < 4.78 is 0. The fourth-order valence-corrected chi connectivity index (χ4v) is 4.85. The average Bonchev–Trinajstić information content (AvgIpc) is 3.05. The Balaban J connectivity index is 1.78. The highest BCUT2D eigenvalue weighted by Gasteiger charge is 2.54. The molecule has 1 aliphatic carbocycles. The van der Waals surface area contributed by atoms with E-state index in [9.17, 15) is 19.2 Å². The highest BCUT2D eigenvalue weighted by molar-refractivity contribution is 6.34. The number of amides is 3. The fourth-order valence-electron chi connectivity index (χ4n) is 4.51. The highest BCUT2D eigenvalue weighted by atomic mass is 35.5. The molecule has 1 aliphatic heterocycles. The van der Waals surface area contributed by atoms with Crippen molar-refractivity contribution in [2.24, 2.45) is 17.8 Å². The van der Waals surface area contributed by atoms with Gasteiger partial charge in [0.1, 0.15) is 6.04 Å². The summed E-state index contributed by atoms with van der Waals surface area (Å²) in [5.74, 6) is -3.43. The lowest BCUT2D eigenvalue weighted by Gasteiger charge is -2.35. The minimum atomic E-state index is -1.15. The van der Waals surface area contributed by atoms with Gasteiger partial charge < -0.3 is 0 Å². The van der Waals surface area contributed by atoms with Crippen molar-refractivity contribution in [2.45, 2.75) is 26.3 Å². The Bertz CT molecular complexity index is 1160. The standard InChI is InChI=1S/C25H22Cl2N2O4/c1-14-6-5-8-19-21(14)25(33)29(24(19)32)28(23(31)18-7-3-4-9-20(18)27)15(2)22(30)16-10-12-17(26)13-11-16/h3-7,9-15,19,21H,8H2,1-2H3/t14-,15+,19+,21-/m1/s1. The van der Waals surface area contributed by atoms with Gasteiger partial charge in [0.15, 0.2) is 5.78 Å². The van der Waals surface area contributed by atoms with Crippen molar-refractivity contribution >= 4 is 46.7 Å². The molecule has 0 N–H and O–H groups in total. The number of Topliss-reactive ketones (excluding diaryl/α,β-unsaturated/α-hetero) is 1. The van der Waals surface area contributed by atoms with Crippen LogP contribution in [-0.4, -0.2) is 39.6 Å². The van der Waals surface area contributed by atoms with Gasteiger partial charge >= 0.3 is 0 Å². The van der Waals surface area contributed by atoms with Crippen molar-refractivity contribution in [1.82, 2.24) is 10.0 Å². The van der Waals surface area contributed by atoms with E-state index in [1.807, 2.05) is 19.1 Å². The van der Waals surface area contributed by atoms with E-state index in [4.69, 9.17) is 23.2 Å². The number of hydrogen-bond acceptors (Lipinski definition) is 4. The number of fused-ring (bicyclic) bond motifs is 1. The number of ketones is 1. The van der Waals surface area contributed by atoms with Crippen LogP contribution in [0.1, 0.15) is 41.0 Å². The van der Waals surface area contributed by atoms with Crippen LogP contribution in [-0.2, 0) is 9.59 Å². The van der Waals surface area contributed by atoms with E-state index in [0.717, 1.165) is 10.0 Å². The lowest BCUT2D eigenvalue weighted by Crippen LogP contribution is -2.56. The van der Waals surface area contributed by atoms with E-state index in [-0.39, 0.29) is 16.5 Å². The average molecular weight is 485 g/mol. The first-order valence-corrected chi connectivity index (χ1v) is 11.4. The van der Waals surface area contributed by atoms with Crippen LogP contribution in [0.15, 0.2) is 60.7 Å². The third-order valence-electron chi connectivity index (χ3n) is 6.25. The lowest BCUT2D eigenvalue weighted by atomic mass is 9.78. The van der Waals surface area contributed by atoms with E-state index in [1.165, 1.54) is 19.1 Å². The Kier molecular flexibility index (Phi) is 6.41. The number of halogens is 2. The van der Waals surface area contributed by atoms with Crippen molar-refractivity contribution in [1.29, 1.82) is 0 Å². The van der Waals surface area contributed by atoms with E-state index in [1.54, 1.807) is 36.4 Å². The van der Waals surface area contributed by atoms with Crippen LogP contribution in [0, 0.1) is 17.8 Å². The molecule has 4 rings (SSSR count). The SMILES string of the molecule is C[C@@H]1C=CC[C@@H]2C(=O)N(N(C(=O)c3ccccc3Cl)[C@@H](C)C(=O)c3ccc(Cl)cc3)C(=O)[C@H]12. The molecular weight excluding hydrogens is 463 g/mol. The highest BCUT2D eigenvalue weighted by Crippen LogP contribution is 2.40. The monoisotopic (exact) mass is 484 g/mol. The third-order valence-corrected chi connectivity index (χ3v) is 6.83. The molecule has 170 valence electrons. The van der Waals surface area contributed by atoms with E-state index >= 15 is 0 Å². The van der Waals surface area contributed by atoms with Crippen LogP contribution in [0.25, 0.3) is 0 Å². The second-order valence-corrected chi connectivity index (χ2v) is 9.16. The smallest absolute Gasteiger partial charge is 0.275 e. The van der Waals surface area contributed by atoms with Crippen molar-refractivity contribution < 1.29 is 19.2 Å². The maximum Gasteiger partial charge on any atom is 0.275 e. The van der Waals surface area contributed by atoms with Crippen molar-refractivity contribution in [2.75, 3.05) is 0 Å². The van der Waals surface area contributed by atoms with Crippen molar-refractivity contribution in [3.63, 3.8) is 0 Å². The molecule has 33 heavy (non-hydrogen) atoms. The number of hydrazine groups is 1. The summed E-state index contributed by atoms with van der Waals surface area (Å²) in [6.07, 6.45) is 4.19. The second kappa shape index (κ2) is 9.12. The van der Waals surface area contributed by atoms with Gasteiger partial charge in [-0.25, -0.2) is 5.01 Å². The van der Waals surface area contributed by atoms with Crippen LogP contribution in [0.2, 0.25) is 10.0 Å². The Morgan fingerprint density at radius 2 is 1.70 bits per heavy atom. The maximum absolute atomic E-state index is 13.7. The molecule has 0 bridgehead atoms. The minimum Gasteiger partial charge on any atom is -0.292 e. The molecular formula is C25H22Cl2N2O4. The maximum atomic E-state index is 13.7. The zero-order chi connectivity index (χ0) is 23.9. The van der Waals surface area contributed by atoms with Crippen molar-refractivity contribution in [3.05, 3.63) is 81.9 Å². The fraction of sp³-hybridized carbons (Fsp3) is 0.280. The molecule has 0 unspecified atom stereocenters. The largest absolute Gasteiger partial charge is 0.292 e. The summed E-state index contributed by atoms with van der Waals surface area (Å²) in [6, 6.07) is 11.4. The van der Waals surface area contributed by atoms with E-state index in [2.05, 4.69) is 0 Å². The number of hydrogen-bond donors (Lipinski definition) is 0. The summed E-state index contributed by atoms with van der Waals surface area (Å²) in [6.45, 7) is 3.36. The predicted molar refractivity (Wildman–Crippen MR) is 125 cm³/mol. The molecule has 0 radical (unpaired) electrons. The number of imide groups is 1. The van der Waals surface area contributed by atoms with Gasteiger partial charge in [-0.1, -0.05) is 54.4 Å². The molecule has 1 heterocycles. The molecule has 8 heteroatoms. The van der Waals surface area contributed by atoms with Gasteiger partial charge in [0.05, 0.1) is 22.4 Å². The van der Waals surface area contributed by atoms with Gasteiger partial charge in [0.2, 0.25) is 0 Å². The van der Waals surface area contributed by atoms with Gasteiger partial charge in [-0.05, 0) is 55.7 Å². The van der Waals surface area contributed by atoms with Crippen LogP contribution in [0.3, 0.4) is 0 Å². The molecule has 2 aromatic carbocycles. The summed E-state index contributed by atoms with van der Waals surface area (Å²) >= 11 is 12.2. The van der Waals surface area contributed by atoms with Gasteiger partial charge in [-0.2, -0.15) is 5.01 Å². The van der Waals surface area contributed by atoms with Gasteiger partial charge in [-0.15, -0.1) is 0 Å². The molecule has 0 aromatic heterocycles. The lowest BCUT2D eigenvalue weighted by molar-refractivity contribution is -0.156. The number of nitrogens with zero attached hydrogens (tertiary/aromatic N) is 2. The van der Waals surface area contributed by atoms with Crippen LogP contribution < -0.4 is 0 Å². The number of carbonyl (C=O) groups is 4. The number of benzene rings is 2. The number of rotatable bonds is 5. The zero-order valence-corrected chi connectivity index (χ0v) is 19.6. The molecule has 0 saturated carbocycles. The molecule has 6 nitrogen and oxygen atoms in total. The third kappa shape index (κ3) is 4.09. The number of allylic oxidation sites excluding steroid dienone is 2. The first-order chi connectivity index (χ1) is 15.7. The minimum absolute atomic E-state index is 0.0940. The Morgan fingerprint density at radius 3 is 2.33 bits per heavy atom. The van der Waals surface area contributed by atoms with Crippen LogP contribution in [0.4, 0.5) is 0 Å². The quantitative estimate of drug-likeness (QED) is 0.346. The zero-order valence-electron chi connectivity index (χ0n) is 18.1. The molecule has 2 aliphatic rings. The summed E-state index contributed by atoms with van der Waals surface area (Å²) in [5.41, 5.74) is 0.395. The topological polar surface area (TPSA) is 74.8 Å². The second-order valence-electron chi connectivity index (χ2n) is 8.32. The Morgan fingerprint density at radius 1 is 1.03 bits per heavy atom. The molecule has 4 atom stereocenters. The molecule has 1 fully saturated rings. The Hall–Kier alpha value is -2.96. The van der Waals surface area contributed by atoms with Gasteiger partial charge in [-0.3, -0.25) is 19.2 Å².